The highest BCUT2D eigenvalue weighted by atomic mass is 16.7. The molecule has 0 aromatic heterocycles. The van der Waals surface area contributed by atoms with Crippen LogP contribution in [-0.4, -0.2) is 44.3 Å². The first-order valence-electron chi connectivity index (χ1n) is 14.9. The first kappa shape index (κ1) is 34.4. The van der Waals surface area contributed by atoms with Crippen molar-refractivity contribution in [1.29, 1.82) is 0 Å². The average Bonchev–Trinajstić information content (AvgIpc) is 3.05. The Morgan fingerprint density at radius 1 is 0.644 bits per heavy atom. The number of aryl methyl sites for hydroxylation is 1. The fraction of sp³-hybridized carbons (Fsp3) is 0.306. The maximum atomic E-state index is 12.6. The van der Waals surface area contributed by atoms with E-state index in [-0.39, 0.29) is 12.6 Å². The second-order valence-corrected chi connectivity index (χ2v) is 9.98. The molecule has 0 spiro atoms. The van der Waals surface area contributed by atoms with Crippen LogP contribution in [0.4, 0.5) is 0 Å². The van der Waals surface area contributed by atoms with Gasteiger partial charge >= 0.3 is 11.9 Å². The molecule has 9 heteroatoms. The standard InChI is InChI=1S/C36H40O9/c1-4-29(37)11-7-6-8-22-40-30-14-12-28(13-15-30)36(39)45-33-20-21-34(27(3)25-33)44-26-43-32-18-16-31(17-19-32)41-23-9-10-24-42-35(38)5-2/h4-5,12-21,25H,1-2,6-11,22-24,26H2,3H3. The van der Waals surface area contributed by atoms with Crippen LogP contribution in [0.15, 0.2) is 92.0 Å². The van der Waals surface area contributed by atoms with E-state index in [1.807, 2.05) is 6.92 Å². The SMILES string of the molecule is C=CC(=O)CCCCCOc1ccc(C(=O)Oc2ccc(OCOc3ccc(OCCCCOC(=O)C=C)cc3)c(C)c2)cc1. The van der Waals surface area contributed by atoms with Gasteiger partial charge in [0.15, 0.2) is 5.78 Å². The molecule has 0 bridgehead atoms. The molecule has 0 unspecified atom stereocenters. The van der Waals surface area contributed by atoms with Gasteiger partial charge in [-0.1, -0.05) is 13.2 Å². The Kier molecular flexibility index (Phi) is 14.8. The molecular formula is C36H40O9. The van der Waals surface area contributed by atoms with Crippen LogP contribution in [0.25, 0.3) is 0 Å². The highest BCUT2D eigenvalue weighted by Gasteiger charge is 2.11. The van der Waals surface area contributed by atoms with E-state index in [4.69, 9.17) is 28.4 Å². The summed E-state index contributed by atoms with van der Waals surface area (Å²) in [4.78, 5) is 34.9. The first-order chi connectivity index (χ1) is 21.9. The molecular weight excluding hydrogens is 576 g/mol. The second-order valence-electron chi connectivity index (χ2n) is 9.98. The molecule has 0 N–H and O–H groups in total. The number of carbonyl (C=O) groups excluding carboxylic acids is 3. The van der Waals surface area contributed by atoms with E-state index in [0.29, 0.717) is 67.0 Å². The number of hydrogen-bond donors (Lipinski definition) is 0. The van der Waals surface area contributed by atoms with Gasteiger partial charge in [0.2, 0.25) is 6.79 Å². The number of rotatable bonds is 21. The fourth-order valence-corrected chi connectivity index (χ4v) is 3.99. The van der Waals surface area contributed by atoms with E-state index in [1.165, 1.54) is 6.08 Å². The molecule has 9 nitrogen and oxygen atoms in total. The zero-order valence-corrected chi connectivity index (χ0v) is 25.7. The van der Waals surface area contributed by atoms with Crippen molar-refractivity contribution < 1.29 is 42.8 Å². The number of benzene rings is 3. The van der Waals surface area contributed by atoms with Crippen LogP contribution >= 0.6 is 0 Å². The van der Waals surface area contributed by atoms with Crippen LogP contribution in [0.5, 0.6) is 28.7 Å². The van der Waals surface area contributed by atoms with Crippen molar-refractivity contribution in [2.24, 2.45) is 0 Å². The van der Waals surface area contributed by atoms with Crippen molar-refractivity contribution in [3.8, 4) is 28.7 Å². The van der Waals surface area contributed by atoms with E-state index >= 15 is 0 Å². The Bertz CT molecular complexity index is 1400. The third-order valence-electron chi connectivity index (χ3n) is 6.49. The lowest BCUT2D eigenvalue weighted by atomic mass is 10.1. The van der Waals surface area contributed by atoms with Crippen molar-refractivity contribution in [2.75, 3.05) is 26.6 Å². The number of allylic oxidation sites excluding steroid dienone is 1. The van der Waals surface area contributed by atoms with Gasteiger partial charge in [-0.2, -0.15) is 0 Å². The predicted octanol–water partition coefficient (Wildman–Crippen LogP) is 7.21. The van der Waals surface area contributed by atoms with Crippen LogP contribution in [0.3, 0.4) is 0 Å². The molecule has 3 aromatic rings. The largest absolute Gasteiger partial charge is 0.494 e. The molecule has 0 atom stereocenters. The highest BCUT2D eigenvalue weighted by molar-refractivity contribution is 5.91. The predicted molar refractivity (Wildman–Crippen MR) is 170 cm³/mol. The molecule has 0 fully saturated rings. The third kappa shape index (κ3) is 13.0. The topological polar surface area (TPSA) is 107 Å². The lowest BCUT2D eigenvalue weighted by Crippen LogP contribution is -2.09. The van der Waals surface area contributed by atoms with Crippen LogP contribution < -0.4 is 23.7 Å². The average molecular weight is 617 g/mol. The fourth-order valence-electron chi connectivity index (χ4n) is 3.99. The number of carbonyl (C=O) groups is 3. The second kappa shape index (κ2) is 19.3. The van der Waals surface area contributed by atoms with Crippen LogP contribution in [-0.2, 0) is 14.3 Å². The minimum atomic E-state index is -0.480. The van der Waals surface area contributed by atoms with Gasteiger partial charge < -0.3 is 28.4 Å². The maximum Gasteiger partial charge on any atom is 0.343 e. The van der Waals surface area contributed by atoms with Gasteiger partial charge in [0.05, 0.1) is 25.4 Å². The Balaban J connectivity index is 1.34. The minimum Gasteiger partial charge on any atom is -0.494 e. The summed E-state index contributed by atoms with van der Waals surface area (Å²) in [5, 5.41) is 0. The number of ether oxygens (including phenoxy) is 6. The van der Waals surface area contributed by atoms with Gasteiger partial charge in [-0.05, 0) is 117 Å². The molecule has 0 radical (unpaired) electrons. The molecule has 3 aromatic carbocycles. The lowest BCUT2D eigenvalue weighted by Gasteiger charge is -2.12. The van der Waals surface area contributed by atoms with Crippen molar-refractivity contribution >= 4 is 17.7 Å². The van der Waals surface area contributed by atoms with E-state index in [0.717, 1.165) is 37.3 Å². The number of esters is 2. The molecule has 45 heavy (non-hydrogen) atoms. The number of hydrogen-bond acceptors (Lipinski definition) is 9. The van der Waals surface area contributed by atoms with Gasteiger partial charge in [-0.15, -0.1) is 0 Å². The quantitative estimate of drug-likeness (QED) is 0.0403. The first-order valence-corrected chi connectivity index (χ1v) is 14.9. The van der Waals surface area contributed by atoms with E-state index in [9.17, 15) is 14.4 Å². The summed E-state index contributed by atoms with van der Waals surface area (Å²) in [6, 6.07) is 19.1. The summed E-state index contributed by atoms with van der Waals surface area (Å²) in [6.07, 6.45) is 7.01. The van der Waals surface area contributed by atoms with Gasteiger partial charge in [-0.25, -0.2) is 9.59 Å². The van der Waals surface area contributed by atoms with Crippen LogP contribution in [0, 0.1) is 6.92 Å². The summed E-state index contributed by atoms with van der Waals surface area (Å²) in [7, 11) is 0. The molecule has 0 heterocycles. The summed E-state index contributed by atoms with van der Waals surface area (Å²) in [5.74, 6) is 2.14. The number of unbranched alkanes of at least 4 members (excludes halogenated alkanes) is 3. The highest BCUT2D eigenvalue weighted by Crippen LogP contribution is 2.25. The molecule has 0 aliphatic carbocycles. The van der Waals surface area contributed by atoms with E-state index in [2.05, 4.69) is 13.2 Å². The van der Waals surface area contributed by atoms with Gasteiger partial charge in [-0.3, -0.25) is 4.79 Å². The van der Waals surface area contributed by atoms with Gasteiger partial charge in [0, 0.05) is 12.5 Å². The van der Waals surface area contributed by atoms with Crippen LogP contribution in [0.2, 0.25) is 0 Å². The minimum absolute atomic E-state index is 0.00693. The normalized spacial score (nSPS) is 10.3. The van der Waals surface area contributed by atoms with Crippen molar-refractivity contribution in [3.05, 3.63) is 103 Å². The lowest BCUT2D eigenvalue weighted by molar-refractivity contribution is -0.137. The van der Waals surface area contributed by atoms with Crippen molar-refractivity contribution in [2.45, 2.75) is 45.4 Å². The van der Waals surface area contributed by atoms with Gasteiger partial charge in [0.25, 0.3) is 0 Å². The Hall–Kier alpha value is -5.05. The summed E-state index contributed by atoms with van der Waals surface area (Å²) < 4.78 is 33.3. The molecule has 0 saturated heterocycles. The zero-order valence-electron chi connectivity index (χ0n) is 25.7. The smallest absolute Gasteiger partial charge is 0.343 e. The van der Waals surface area contributed by atoms with Crippen molar-refractivity contribution in [3.63, 3.8) is 0 Å². The Morgan fingerprint density at radius 3 is 1.84 bits per heavy atom. The van der Waals surface area contributed by atoms with Gasteiger partial charge in [0.1, 0.15) is 28.7 Å². The molecule has 0 amide bonds. The summed E-state index contributed by atoms with van der Waals surface area (Å²) >= 11 is 0. The zero-order chi connectivity index (χ0) is 32.3. The monoisotopic (exact) mass is 616 g/mol. The molecule has 0 aliphatic heterocycles. The summed E-state index contributed by atoms with van der Waals surface area (Å²) in [5.41, 5.74) is 1.18. The molecule has 3 rings (SSSR count). The van der Waals surface area contributed by atoms with E-state index < -0.39 is 11.9 Å². The molecule has 0 aliphatic rings. The maximum absolute atomic E-state index is 12.6. The van der Waals surface area contributed by atoms with Crippen LogP contribution in [0.1, 0.15) is 54.4 Å². The Morgan fingerprint density at radius 2 is 1.22 bits per heavy atom. The molecule has 238 valence electrons. The van der Waals surface area contributed by atoms with E-state index in [1.54, 1.807) is 66.7 Å². The Labute approximate surface area is 264 Å². The summed E-state index contributed by atoms with van der Waals surface area (Å²) in [6.45, 7) is 10.0. The molecule has 0 saturated carbocycles. The van der Waals surface area contributed by atoms with Crippen molar-refractivity contribution in [1.82, 2.24) is 0 Å². The number of ketones is 1. The third-order valence-corrected chi connectivity index (χ3v) is 6.49.